The third-order valence-electron chi connectivity index (χ3n) is 7.38. The summed E-state index contributed by atoms with van der Waals surface area (Å²) in [6, 6.07) is 31.0. The van der Waals surface area contributed by atoms with Gasteiger partial charge in [-0.2, -0.15) is 35.4 Å². The molecule has 0 heterocycles. The van der Waals surface area contributed by atoms with Crippen LogP contribution in [0.15, 0.2) is 97.1 Å². The zero-order chi connectivity index (χ0) is 30.5. The van der Waals surface area contributed by atoms with Crippen molar-refractivity contribution >= 4 is 51.3 Å². The van der Waals surface area contributed by atoms with Crippen molar-refractivity contribution in [2.24, 2.45) is 0 Å². The van der Waals surface area contributed by atoms with Crippen molar-refractivity contribution < 1.29 is 23.9 Å². The molecule has 4 aromatic carbocycles. The van der Waals surface area contributed by atoms with Gasteiger partial charge in [-0.05, 0) is 17.4 Å². The number of hydrogen-bond donors (Lipinski definition) is 0. The molecule has 6 rings (SSSR count). The summed E-state index contributed by atoms with van der Waals surface area (Å²) in [6.07, 6.45) is 11.0. The van der Waals surface area contributed by atoms with Crippen LogP contribution < -0.4 is 0 Å². The van der Waals surface area contributed by atoms with Gasteiger partial charge >= 0.3 is 120 Å². The zero-order valence-corrected chi connectivity index (χ0v) is 33.0. The van der Waals surface area contributed by atoms with Crippen LogP contribution in [0.25, 0.3) is 11.1 Å². The maximum atomic E-state index is 5.87. The first kappa shape index (κ1) is 38.4. The molecule has 0 aliphatic heterocycles. The Hall–Kier alpha value is -1.74. The normalized spacial score (nSPS) is 12.4. The summed E-state index contributed by atoms with van der Waals surface area (Å²) in [4.78, 5) is 0. The van der Waals surface area contributed by atoms with Crippen LogP contribution in [0.3, 0.4) is 0 Å². The smallest absolute Gasteiger partial charge is 0.109 e. The first-order chi connectivity index (χ1) is 19.8. The average Bonchev–Trinajstić information content (AvgIpc) is 3.64. The Morgan fingerprint density at radius 1 is 0.705 bits per heavy atom. The molecule has 0 saturated carbocycles. The molecular weight excluding hydrogens is 789 g/mol. The van der Waals surface area contributed by atoms with Crippen LogP contribution >= 0.6 is 48.0 Å². The molecule has 0 unspecified atom stereocenters. The van der Waals surface area contributed by atoms with E-state index in [4.69, 9.17) is 23.2 Å². The molecule has 0 atom stereocenters. The first-order valence-corrected chi connectivity index (χ1v) is 16.9. The summed E-state index contributed by atoms with van der Waals surface area (Å²) in [7, 11) is 0. The summed E-state index contributed by atoms with van der Waals surface area (Å²) in [5, 5.41) is 1.55. The minimum Gasteiger partial charge on any atom is -0.273 e. The standard InChI is InChI=1S/C21H25.C13H8Cl2.C5H5.2ClH.Hf/c1-20(2,3)16-9-7-14-11-15-8-10-17(21(4,5)6)13-19(15)18(14)12-16;14-12-5-1-10(2-6-12)9-11-3-7-13(15)8-4-11;1-2-4-5-3-1;;;/h7,9-10,12-13H,11H2,1-6H3;1-8H;1-3H,4H2;2*1H;/q-1;;-1;;;+2. The second-order valence-corrected chi connectivity index (χ2v) is 15.4. The molecule has 0 nitrogen and oxygen atoms in total. The molecule has 44 heavy (non-hydrogen) atoms. The Balaban J connectivity index is 0.000000260. The van der Waals surface area contributed by atoms with E-state index in [-0.39, 0.29) is 35.6 Å². The molecule has 228 valence electrons. The van der Waals surface area contributed by atoms with Crippen LogP contribution in [-0.2, 0) is 41.1 Å². The van der Waals surface area contributed by atoms with E-state index in [1.54, 1.807) is 0 Å². The molecule has 0 radical (unpaired) electrons. The van der Waals surface area contributed by atoms with Crippen molar-refractivity contribution in [3.05, 3.63) is 153 Å². The number of halogens is 4. The molecule has 0 spiro atoms. The van der Waals surface area contributed by atoms with E-state index in [9.17, 15) is 0 Å². The third-order valence-corrected chi connectivity index (χ3v) is 9.96. The monoisotopic (exact) mass is 828 g/mol. The maximum absolute atomic E-state index is 5.87. The van der Waals surface area contributed by atoms with Gasteiger partial charge in [0.25, 0.3) is 0 Å². The van der Waals surface area contributed by atoms with Gasteiger partial charge in [-0.3, -0.25) is 6.08 Å². The largest absolute Gasteiger partial charge is 0.273 e. The Labute approximate surface area is 301 Å². The predicted octanol–water partition coefficient (Wildman–Crippen LogP) is 11.9. The fourth-order valence-electron chi connectivity index (χ4n) is 4.72. The van der Waals surface area contributed by atoms with Crippen molar-refractivity contribution in [2.75, 3.05) is 0 Å². The van der Waals surface area contributed by atoms with E-state index >= 15 is 0 Å². The van der Waals surface area contributed by atoms with Gasteiger partial charge in [0.05, 0.1) is 0 Å². The van der Waals surface area contributed by atoms with E-state index in [1.807, 2.05) is 36.4 Å². The van der Waals surface area contributed by atoms with Crippen molar-refractivity contribution in [3.63, 3.8) is 0 Å². The summed E-state index contributed by atoms with van der Waals surface area (Å²) < 4.78 is 1.35. The summed E-state index contributed by atoms with van der Waals surface area (Å²) in [5.74, 6) is 0. The predicted molar refractivity (Wildman–Crippen MR) is 193 cm³/mol. The number of benzene rings is 4. The van der Waals surface area contributed by atoms with Crippen LogP contribution in [0.2, 0.25) is 10.0 Å². The van der Waals surface area contributed by atoms with Gasteiger partial charge < -0.3 is 0 Å². The van der Waals surface area contributed by atoms with Crippen LogP contribution in [0.4, 0.5) is 0 Å². The molecule has 2 aliphatic rings. The molecular formula is C39H40Cl4Hf. The van der Waals surface area contributed by atoms with Crippen molar-refractivity contribution in [3.8, 4) is 11.1 Å². The topological polar surface area (TPSA) is 0 Å². The minimum absolute atomic E-state index is 0. The fraction of sp³-hybridized carbons (Fsp3) is 0.256. The van der Waals surface area contributed by atoms with Gasteiger partial charge in [0.2, 0.25) is 0 Å². The molecule has 0 aromatic heterocycles. The molecule has 0 bridgehead atoms. The number of rotatable bonds is 2. The van der Waals surface area contributed by atoms with Crippen LogP contribution in [0.5, 0.6) is 0 Å². The minimum atomic E-state index is 0. The summed E-state index contributed by atoms with van der Waals surface area (Å²) in [5.41, 5.74) is 11.2. The molecule has 2 aliphatic carbocycles. The molecule has 0 fully saturated rings. The Morgan fingerprint density at radius 2 is 1.23 bits per heavy atom. The molecule has 4 aromatic rings. The van der Waals surface area contributed by atoms with Crippen molar-refractivity contribution in [1.82, 2.24) is 0 Å². The molecule has 5 heteroatoms. The Bertz CT molecular complexity index is 1480. The van der Waals surface area contributed by atoms with Gasteiger partial charge in [-0.25, -0.2) is 12.2 Å². The van der Waals surface area contributed by atoms with E-state index < -0.39 is 0 Å². The average molecular weight is 829 g/mol. The molecule has 0 amide bonds. The Kier molecular flexibility index (Phi) is 14.6. The molecule has 0 N–H and O–H groups in total. The van der Waals surface area contributed by atoms with Crippen molar-refractivity contribution in [2.45, 2.75) is 65.2 Å². The number of fused-ring (bicyclic) bond motifs is 3. The zero-order valence-electron chi connectivity index (χ0n) is 26.2. The Morgan fingerprint density at radius 3 is 1.66 bits per heavy atom. The quantitative estimate of drug-likeness (QED) is 0.123. The van der Waals surface area contributed by atoms with Crippen LogP contribution in [0.1, 0.15) is 81.3 Å². The van der Waals surface area contributed by atoms with E-state index in [1.165, 1.54) is 47.8 Å². The van der Waals surface area contributed by atoms with E-state index in [0.29, 0.717) is 0 Å². The van der Waals surface area contributed by atoms with Gasteiger partial charge in [0.15, 0.2) is 0 Å². The van der Waals surface area contributed by atoms with E-state index in [2.05, 4.69) is 114 Å². The fourth-order valence-corrected chi connectivity index (χ4v) is 6.17. The number of allylic oxidation sites excluding steroid dienone is 4. The van der Waals surface area contributed by atoms with Gasteiger partial charge in [0, 0.05) is 0 Å². The second-order valence-electron chi connectivity index (χ2n) is 12.7. The van der Waals surface area contributed by atoms with Crippen LogP contribution in [-0.4, -0.2) is 3.26 Å². The van der Waals surface area contributed by atoms with Crippen LogP contribution in [0, 0.1) is 12.1 Å². The maximum Gasteiger partial charge on any atom is -0.109 e. The summed E-state index contributed by atoms with van der Waals surface area (Å²) >= 11 is 12.7. The van der Waals surface area contributed by atoms with Crippen molar-refractivity contribution in [1.29, 1.82) is 0 Å². The summed E-state index contributed by atoms with van der Waals surface area (Å²) in [6.45, 7) is 13.6. The van der Waals surface area contributed by atoms with Gasteiger partial charge in [-0.1, -0.05) is 76.3 Å². The SMILES string of the molecule is CC(C)(C)c1c[c-]c2c(c1)-c1cc(C(C)(C)C)ccc1C2.Cl.Cl.Clc1ccc([C](=[Hf+2])c2ccc(Cl)cc2)cc1.[C-]1=CC=CC1. The second kappa shape index (κ2) is 16.7. The van der Waals surface area contributed by atoms with E-state index in [0.717, 1.165) is 46.8 Å². The first-order valence-electron chi connectivity index (χ1n) is 14.3. The van der Waals surface area contributed by atoms with Gasteiger partial charge in [0.1, 0.15) is 0 Å². The number of hydrogen-bond acceptors (Lipinski definition) is 0. The van der Waals surface area contributed by atoms with Gasteiger partial charge in [-0.15, -0.1) is 36.8 Å². The molecule has 0 saturated heterocycles. The third kappa shape index (κ3) is 10.4.